The Morgan fingerprint density at radius 3 is 2.19 bits per heavy atom. The Hall–Kier alpha value is -3.15. The SMILES string of the molecule is Cc1ccc(CC(=O)N2CCN(c3ccc(S(=O)(=O)C(F)(F)F)cc3[N+](=O)[O-])CC2)cc1. The monoisotopic (exact) mass is 471 g/mol. The summed E-state index contributed by atoms with van der Waals surface area (Å²) in [6.07, 6.45) is 0.213. The number of hydrogen-bond donors (Lipinski definition) is 0. The molecule has 0 saturated carbocycles. The summed E-state index contributed by atoms with van der Waals surface area (Å²) in [6.45, 7) is 2.90. The molecule has 1 fully saturated rings. The topological polar surface area (TPSA) is 101 Å². The minimum Gasteiger partial charge on any atom is -0.362 e. The predicted octanol–water partition coefficient (Wildman–Crippen LogP) is 3.09. The number of amides is 1. The number of aryl methyl sites for hydroxylation is 1. The number of nitro benzene ring substituents is 1. The third-order valence-corrected chi connectivity index (χ3v) is 6.69. The highest BCUT2D eigenvalue weighted by Gasteiger charge is 2.47. The van der Waals surface area contributed by atoms with Crippen LogP contribution in [0.2, 0.25) is 0 Å². The lowest BCUT2D eigenvalue weighted by atomic mass is 10.1. The highest BCUT2D eigenvalue weighted by atomic mass is 32.2. The van der Waals surface area contributed by atoms with E-state index in [4.69, 9.17) is 0 Å². The number of nitrogens with zero attached hydrogens (tertiary/aromatic N) is 3. The fraction of sp³-hybridized carbons (Fsp3) is 0.350. The smallest absolute Gasteiger partial charge is 0.362 e. The van der Waals surface area contributed by atoms with Crippen molar-refractivity contribution in [2.75, 3.05) is 31.1 Å². The summed E-state index contributed by atoms with van der Waals surface area (Å²) in [5.41, 5.74) is -4.37. The van der Waals surface area contributed by atoms with Crippen molar-refractivity contribution in [3.63, 3.8) is 0 Å². The molecule has 1 aliphatic heterocycles. The van der Waals surface area contributed by atoms with Crippen molar-refractivity contribution in [1.29, 1.82) is 0 Å². The Bertz CT molecular complexity index is 1130. The van der Waals surface area contributed by atoms with Gasteiger partial charge in [0.05, 0.1) is 16.2 Å². The standard InChI is InChI=1S/C20H20F3N3O5S/c1-14-2-4-15(5-3-14)12-19(27)25-10-8-24(9-11-25)17-7-6-16(13-18(17)26(28)29)32(30,31)20(21,22)23/h2-7,13H,8-12H2,1H3. The van der Waals surface area contributed by atoms with Gasteiger partial charge in [-0.3, -0.25) is 14.9 Å². The number of carbonyl (C=O) groups is 1. The minimum atomic E-state index is -5.71. The van der Waals surface area contributed by atoms with Crippen molar-refractivity contribution in [2.24, 2.45) is 0 Å². The summed E-state index contributed by atoms with van der Waals surface area (Å²) in [5.74, 6) is -0.102. The maximum absolute atomic E-state index is 12.8. The van der Waals surface area contributed by atoms with Gasteiger partial charge >= 0.3 is 5.51 Å². The van der Waals surface area contributed by atoms with E-state index in [2.05, 4.69) is 0 Å². The van der Waals surface area contributed by atoms with Crippen LogP contribution in [0.5, 0.6) is 0 Å². The molecule has 12 heteroatoms. The Balaban J connectivity index is 1.74. The van der Waals surface area contributed by atoms with E-state index >= 15 is 0 Å². The van der Waals surface area contributed by atoms with E-state index in [1.54, 1.807) is 9.80 Å². The number of hydrogen-bond acceptors (Lipinski definition) is 6. The summed E-state index contributed by atoms with van der Waals surface area (Å²) in [7, 11) is -5.71. The van der Waals surface area contributed by atoms with Gasteiger partial charge in [-0.25, -0.2) is 8.42 Å². The van der Waals surface area contributed by atoms with Crippen molar-refractivity contribution in [2.45, 2.75) is 23.7 Å². The van der Waals surface area contributed by atoms with Crippen molar-refractivity contribution < 1.29 is 31.3 Å². The molecule has 1 amide bonds. The molecule has 1 saturated heterocycles. The van der Waals surface area contributed by atoms with E-state index in [0.717, 1.165) is 17.2 Å². The highest BCUT2D eigenvalue weighted by Crippen LogP contribution is 2.36. The van der Waals surface area contributed by atoms with Crippen LogP contribution in [0.1, 0.15) is 11.1 Å². The number of carbonyl (C=O) groups excluding carboxylic acids is 1. The Labute approximate surface area is 182 Å². The number of piperazine rings is 1. The fourth-order valence-electron chi connectivity index (χ4n) is 3.41. The van der Waals surface area contributed by atoms with Crippen LogP contribution in [0.3, 0.4) is 0 Å². The zero-order valence-electron chi connectivity index (χ0n) is 17.0. The second-order valence-electron chi connectivity index (χ2n) is 7.39. The van der Waals surface area contributed by atoms with E-state index in [0.29, 0.717) is 12.1 Å². The molecule has 8 nitrogen and oxygen atoms in total. The molecule has 0 atom stereocenters. The molecular weight excluding hydrogens is 451 g/mol. The molecular formula is C20H20F3N3O5S. The van der Waals surface area contributed by atoms with Gasteiger partial charge in [-0.2, -0.15) is 13.2 Å². The third-order valence-electron chi connectivity index (χ3n) is 5.21. The lowest BCUT2D eigenvalue weighted by Crippen LogP contribution is -2.49. The van der Waals surface area contributed by atoms with Crippen molar-refractivity contribution in [1.82, 2.24) is 4.90 Å². The highest BCUT2D eigenvalue weighted by molar-refractivity contribution is 7.92. The molecule has 1 aliphatic rings. The van der Waals surface area contributed by atoms with E-state index in [-0.39, 0.29) is 44.2 Å². The normalized spacial score (nSPS) is 15.0. The molecule has 0 spiro atoms. The molecule has 2 aromatic rings. The molecule has 0 aliphatic carbocycles. The Kier molecular flexibility index (Phi) is 6.44. The van der Waals surface area contributed by atoms with E-state index in [9.17, 15) is 36.5 Å². The summed E-state index contributed by atoms with van der Waals surface area (Å²) < 4.78 is 61.6. The molecule has 0 bridgehead atoms. The van der Waals surface area contributed by atoms with Crippen LogP contribution in [-0.2, 0) is 21.1 Å². The van der Waals surface area contributed by atoms with Gasteiger partial charge in [0.25, 0.3) is 15.5 Å². The first-order valence-electron chi connectivity index (χ1n) is 9.58. The summed E-state index contributed by atoms with van der Waals surface area (Å²) in [5, 5.41) is 11.4. The average molecular weight is 471 g/mol. The van der Waals surface area contributed by atoms with Gasteiger partial charge in [-0.05, 0) is 24.6 Å². The van der Waals surface area contributed by atoms with Gasteiger partial charge in [0.1, 0.15) is 5.69 Å². The van der Waals surface area contributed by atoms with Gasteiger partial charge in [0, 0.05) is 32.2 Å². The molecule has 0 radical (unpaired) electrons. The van der Waals surface area contributed by atoms with Crippen LogP contribution in [0.25, 0.3) is 0 Å². The zero-order chi connectivity index (χ0) is 23.7. The summed E-state index contributed by atoms with van der Waals surface area (Å²) in [4.78, 5) is 25.0. The van der Waals surface area contributed by atoms with Crippen LogP contribution in [-0.4, -0.2) is 55.8 Å². The minimum absolute atomic E-state index is 0.00163. The fourth-order valence-corrected chi connectivity index (χ4v) is 4.19. The van der Waals surface area contributed by atoms with Crippen LogP contribution < -0.4 is 4.90 Å². The molecule has 2 aromatic carbocycles. The van der Waals surface area contributed by atoms with Crippen LogP contribution in [0.4, 0.5) is 24.5 Å². The van der Waals surface area contributed by atoms with E-state index in [1.807, 2.05) is 31.2 Å². The van der Waals surface area contributed by atoms with E-state index < -0.39 is 30.9 Å². The quantitative estimate of drug-likeness (QED) is 0.491. The van der Waals surface area contributed by atoms with Crippen LogP contribution in [0.15, 0.2) is 47.4 Å². The van der Waals surface area contributed by atoms with Gasteiger partial charge in [-0.15, -0.1) is 0 Å². The van der Waals surface area contributed by atoms with Gasteiger partial charge in [-0.1, -0.05) is 29.8 Å². The average Bonchev–Trinajstić information content (AvgIpc) is 2.74. The number of nitro groups is 1. The molecule has 0 aromatic heterocycles. The number of sulfone groups is 1. The number of anilines is 1. The van der Waals surface area contributed by atoms with Crippen molar-refractivity contribution in [3.05, 3.63) is 63.7 Å². The third kappa shape index (κ3) is 4.85. The molecule has 1 heterocycles. The number of benzene rings is 2. The first kappa shape index (κ1) is 23.5. The lowest BCUT2D eigenvalue weighted by molar-refractivity contribution is -0.384. The first-order chi connectivity index (χ1) is 14.9. The molecule has 0 unspecified atom stereocenters. The first-order valence-corrected chi connectivity index (χ1v) is 11.1. The van der Waals surface area contributed by atoms with Crippen molar-refractivity contribution >= 4 is 27.1 Å². The van der Waals surface area contributed by atoms with Gasteiger partial charge in [0.2, 0.25) is 5.91 Å². The molecule has 172 valence electrons. The zero-order valence-corrected chi connectivity index (χ0v) is 17.8. The number of halogens is 3. The van der Waals surface area contributed by atoms with Crippen LogP contribution >= 0.6 is 0 Å². The Morgan fingerprint density at radius 2 is 1.66 bits per heavy atom. The number of rotatable bonds is 5. The molecule has 32 heavy (non-hydrogen) atoms. The molecule has 3 rings (SSSR count). The predicted molar refractivity (Wildman–Crippen MR) is 110 cm³/mol. The van der Waals surface area contributed by atoms with Gasteiger partial charge in [0.15, 0.2) is 0 Å². The maximum atomic E-state index is 12.8. The lowest BCUT2D eigenvalue weighted by Gasteiger charge is -2.36. The van der Waals surface area contributed by atoms with Crippen LogP contribution in [0, 0.1) is 17.0 Å². The second kappa shape index (κ2) is 8.77. The van der Waals surface area contributed by atoms with Crippen molar-refractivity contribution in [3.8, 4) is 0 Å². The summed E-state index contributed by atoms with van der Waals surface area (Å²) in [6, 6.07) is 9.67. The maximum Gasteiger partial charge on any atom is 0.501 e. The van der Waals surface area contributed by atoms with E-state index in [1.165, 1.54) is 0 Å². The second-order valence-corrected chi connectivity index (χ2v) is 9.33. The summed E-state index contributed by atoms with van der Waals surface area (Å²) >= 11 is 0. The number of alkyl halides is 3. The molecule has 0 N–H and O–H groups in total. The largest absolute Gasteiger partial charge is 0.501 e. The Morgan fingerprint density at radius 1 is 1.06 bits per heavy atom. The van der Waals surface area contributed by atoms with Gasteiger partial charge < -0.3 is 9.80 Å².